The van der Waals surface area contributed by atoms with E-state index in [2.05, 4.69) is 124 Å². The molecule has 0 radical (unpaired) electrons. The SMILES string of the molecule is CCCCCNC1=Nc2ccc(C)cc2C(c2ccc(N(C)C)cc2)(c2ccc(N(C)C)cc2)S1. The molecule has 0 aromatic heterocycles. The predicted octanol–water partition coefficient (Wildman–Crippen LogP) is 6.93. The van der Waals surface area contributed by atoms with Gasteiger partial charge in [-0.1, -0.05) is 73.5 Å². The third-order valence-electron chi connectivity index (χ3n) is 6.64. The van der Waals surface area contributed by atoms with Gasteiger partial charge in [-0.05, 0) is 54.8 Å². The van der Waals surface area contributed by atoms with Gasteiger partial charge in [-0.3, -0.25) is 0 Å². The van der Waals surface area contributed by atoms with E-state index in [0.717, 1.165) is 23.8 Å². The molecule has 3 aromatic carbocycles. The van der Waals surface area contributed by atoms with Gasteiger partial charge in [-0.2, -0.15) is 0 Å². The standard InChI is InChI=1S/C30H38N4S/c1-7-8-9-20-31-29-32-28-19-10-22(2)21-27(28)30(35-29,23-11-15-25(16-12-23)33(3)4)24-13-17-26(18-14-24)34(5)6/h10-19,21H,7-9,20H2,1-6H3,(H,31,32). The Morgan fingerprint density at radius 3 is 1.89 bits per heavy atom. The van der Waals surface area contributed by atoms with E-state index < -0.39 is 4.75 Å². The second-order valence-corrected chi connectivity index (χ2v) is 10.9. The average molecular weight is 487 g/mol. The van der Waals surface area contributed by atoms with Crippen LogP contribution in [0.2, 0.25) is 0 Å². The minimum Gasteiger partial charge on any atom is -0.378 e. The first-order valence-electron chi connectivity index (χ1n) is 12.5. The first-order chi connectivity index (χ1) is 16.8. The number of thioether (sulfide) groups is 1. The quantitative estimate of drug-likeness (QED) is 0.350. The number of rotatable bonds is 8. The zero-order valence-electron chi connectivity index (χ0n) is 21.9. The van der Waals surface area contributed by atoms with Crippen LogP contribution in [0.4, 0.5) is 17.1 Å². The van der Waals surface area contributed by atoms with Crippen molar-refractivity contribution in [3.63, 3.8) is 0 Å². The van der Waals surface area contributed by atoms with Crippen LogP contribution in [0.3, 0.4) is 0 Å². The second-order valence-electron chi connectivity index (χ2n) is 9.74. The first kappa shape index (κ1) is 25.2. The van der Waals surface area contributed by atoms with Crippen LogP contribution in [0.5, 0.6) is 0 Å². The fourth-order valence-corrected chi connectivity index (χ4v) is 5.98. The molecule has 1 aliphatic heterocycles. The highest BCUT2D eigenvalue weighted by Gasteiger charge is 2.43. The number of nitrogens with zero attached hydrogens (tertiary/aromatic N) is 3. The number of hydrogen-bond acceptors (Lipinski definition) is 5. The molecule has 184 valence electrons. The molecule has 4 rings (SSSR count). The maximum absolute atomic E-state index is 5.07. The molecule has 4 nitrogen and oxygen atoms in total. The number of anilines is 2. The Balaban J connectivity index is 1.90. The molecule has 0 unspecified atom stereocenters. The molecule has 0 saturated heterocycles. The fourth-order valence-electron chi connectivity index (χ4n) is 4.59. The van der Waals surface area contributed by atoms with Crippen LogP contribution in [0.1, 0.15) is 48.4 Å². The molecular weight excluding hydrogens is 448 g/mol. The van der Waals surface area contributed by atoms with Crippen molar-refractivity contribution in [2.45, 2.75) is 37.9 Å². The van der Waals surface area contributed by atoms with Crippen LogP contribution in [0.15, 0.2) is 71.7 Å². The fraction of sp³-hybridized carbons (Fsp3) is 0.367. The number of benzene rings is 3. The molecule has 5 heteroatoms. The maximum atomic E-state index is 5.07. The summed E-state index contributed by atoms with van der Waals surface area (Å²) in [5, 5.41) is 4.65. The highest BCUT2D eigenvalue weighted by molar-refractivity contribution is 8.15. The maximum Gasteiger partial charge on any atom is 0.163 e. The molecule has 0 bridgehead atoms. The second kappa shape index (κ2) is 10.8. The van der Waals surface area contributed by atoms with E-state index in [1.165, 1.54) is 46.5 Å². The topological polar surface area (TPSA) is 30.9 Å². The van der Waals surface area contributed by atoms with Gasteiger partial charge in [0.05, 0.1) is 5.69 Å². The zero-order chi connectivity index (χ0) is 25.0. The lowest BCUT2D eigenvalue weighted by Crippen LogP contribution is -2.35. The van der Waals surface area contributed by atoms with Gasteiger partial charge in [0.25, 0.3) is 0 Å². The van der Waals surface area contributed by atoms with Crippen LogP contribution in [0, 0.1) is 6.92 Å². The minimum atomic E-state index is -0.397. The van der Waals surface area contributed by atoms with E-state index in [9.17, 15) is 0 Å². The summed E-state index contributed by atoms with van der Waals surface area (Å²) in [5.74, 6) is 0. The molecule has 0 fully saturated rings. The number of aliphatic imine (C=N–C) groups is 1. The number of fused-ring (bicyclic) bond motifs is 1. The van der Waals surface area contributed by atoms with Crippen molar-refractivity contribution in [3.8, 4) is 0 Å². The highest BCUT2D eigenvalue weighted by Crippen LogP contribution is 2.54. The summed E-state index contributed by atoms with van der Waals surface area (Å²) in [6, 6.07) is 24.7. The Labute approximate surface area is 215 Å². The number of unbranched alkanes of at least 4 members (excludes halogenated alkanes) is 2. The Morgan fingerprint density at radius 1 is 0.800 bits per heavy atom. The molecule has 3 aromatic rings. The van der Waals surface area contributed by atoms with E-state index in [1.54, 1.807) is 0 Å². The summed E-state index contributed by atoms with van der Waals surface area (Å²) in [6.07, 6.45) is 3.59. The number of aryl methyl sites for hydroxylation is 1. The van der Waals surface area contributed by atoms with Crippen LogP contribution in [-0.2, 0) is 4.75 Å². The zero-order valence-corrected chi connectivity index (χ0v) is 22.7. The van der Waals surface area contributed by atoms with Crippen LogP contribution in [0.25, 0.3) is 0 Å². The largest absolute Gasteiger partial charge is 0.378 e. The summed E-state index contributed by atoms with van der Waals surface area (Å²) in [6.45, 7) is 5.35. The summed E-state index contributed by atoms with van der Waals surface area (Å²) < 4.78 is -0.397. The Kier molecular flexibility index (Phi) is 7.75. The van der Waals surface area contributed by atoms with Crippen LogP contribution in [-0.4, -0.2) is 39.9 Å². The molecule has 35 heavy (non-hydrogen) atoms. The Morgan fingerprint density at radius 2 is 1.37 bits per heavy atom. The lowest BCUT2D eigenvalue weighted by Gasteiger charge is -2.39. The molecule has 0 aliphatic carbocycles. The highest BCUT2D eigenvalue weighted by atomic mass is 32.2. The predicted molar refractivity (Wildman–Crippen MR) is 155 cm³/mol. The average Bonchev–Trinajstić information content (AvgIpc) is 2.86. The molecule has 1 N–H and O–H groups in total. The van der Waals surface area contributed by atoms with E-state index in [0.29, 0.717) is 0 Å². The lowest BCUT2D eigenvalue weighted by molar-refractivity contribution is 0.697. The van der Waals surface area contributed by atoms with E-state index in [-0.39, 0.29) is 0 Å². The number of amidine groups is 1. The smallest absolute Gasteiger partial charge is 0.163 e. The summed E-state index contributed by atoms with van der Waals surface area (Å²) >= 11 is 1.83. The van der Waals surface area contributed by atoms with Gasteiger partial charge in [0.15, 0.2) is 5.17 Å². The van der Waals surface area contributed by atoms with Gasteiger partial charge in [-0.25, -0.2) is 4.99 Å². The third-order valence-corrected chi connectivity index (χ3v) is 8.07. The van der Waals surface area contributed by atoms with Crippen molar-refractivity contribution in [1.82, 2.24) is 5.32 Å². The van der Waals surface area contributed by atoms with Crippen LogP contribution < -0.4 is 15.1 Å². The number of hydrogen-bond donors (Lipinski definition) is 1. The van der Waals surface area contributed by atoms with Gasteiger partial charge in [0.2, 0.25) is 0 Å². The molecule has 0 saturated carbocycles. The summed E-state index contributed by atoms with van der Waals surface area (Å²) in [4.78, 5) is 9.37. The van der Waals surface area contributed by atoms with Gasteiger partial charge in [-0.15, -0.1) is 0 Å². The van der Waals surface area contributed by atoms with E-state index >= 15 is 0 Å². The Bertz CT molecular complexity index is 1110. The number of nitrogens with one attached hydrogen (secondary N) is 1. The normalized spacial score (nSPS) is 14.2. The summed E-state index contributed by atoms with van der Waals surface area (Å²) in [7, 11) is 8.35. The lowest BCUT2D eigenvalue weighted by atomic mass is 9.82. The monoisotopic (exact) mass is 486 g/mol. The molecule has 0 spiro atoms. The van der Waals surface area contributed by atoms with E-state index in [1.807, 2.05) is 11.8 Å². The van der Waals surface area contributed by atoms with Gasteiger partial charge in [0, 0.05) is 51.7 Å². The Hall–Kier alpha value is -2.92. The van der Waals surface area contributed by atoms with Gasteiger partial charge < -0.3 is 15.1 Å². The molecule has 0 amide bonds. The van der Waals surface area contributed by atoms with Crippen molar-refractivity contribution in [2.75, 3.05) is 44.5 Å². The third kappa shape index (κ3) is 5.20. The molecular formula is C30H38N4S. The summed E-state index contributed by atoms with van der Waals surface area (Å²) in [5.41, 5.74) is 8.46. The minimum absolute atomic E-state index is 0.397. The molecule has 0 atom stereocenters. The van der Waals surface area contributed by atoms with E-state index in [4.69, 9.17) is 4.99 Å². The van der Waals surface area contributed by atoms with Crippen molar-refractivity contribution < 1.29 is 0 Å². The van der Waals surface area contributed by atoms with Crippen molar-refractivity contribution >= 4 is 34.0 Å². The first-order valence-corrected chi connectivity index (χ1v) is 13.3. The van der Waals surface area contributed by atoms with Gasteiger partial charge in [0.1, 0.15) is 4.75 Å². The molecule has 1 heterocycles. The van der Waals surface area contributed by atoms with Crippen molar-refractivity contribution in [3.05, 3.63) is 89.0 Å². The van der Waals surface area contributed by atoms with Gasteiger partial charge >= 0.3 is 0 Å². The van der Waals surface area contributed by atoms with Crippen molar-refractivity contribution in [2.24, 2.45) is 4.99 Å². The van der Waals surface area contributed by atoms with Crippen LogP contribution >= 0.6 is 11.8 Å². The van der Waals surface area contributed by atoms with Crippen molar-refractivity contribution in [1.29, 1.82) is 0 Å². The molecule has 1 aliphatic rings.